The van der Waals surface area contributed by atoms with E-state index in [-0.39, 0.29) is 6.04 Å². The van der Waals surface area contributed by atoms with Gasteiger partial charge in [-0.2, -0.15) is 4.99 Å². The molecule has 3 nitrogen and oxygen atoms in total. The first-order chi connectivity index (χ1) is 6.66. The van der Waals surface area contributed by atoms with E-state index in [1.165, 1.54) is 12.8 Å². The first-order valence-corrected chi connectivity index (χ1v) is 5.19. The molecule has 1 saturated heterocycles. The van der Waals surface area contributed by atoms with Gasteiger partial charge < -0.3 is 0 Å². The molecule has 0 saturated carbocycles. The first kappa shape index (κ1) is 11.2. The summed E-state index contributed by atoms with van der Waals surface area (Å²) < 4.78 is 0. The lowest BCUT2D eigenvalue weighted by molar-refractivity contribution is 0.133. The van der Waals surface area contributed by atoms with Gasteiger partial charge in [0.05, 0.1) is 11.7 Å². The van der Waals surface area contributed by atoms with Crippen LogP contribution in [0.15, 0.2) is 17.3 Å². The summed E-state index contributed by atoms with van der Waals surface area (Å²) in [6.45, 7) is 9.23. The second-order valence-electron chi connectivity index (χ2n) is 4.04. The van der Waals surface area contributed by atoms with Crippen LogP contribution in [0.1, 0.15) is 33.1 Å². The average Bonchev–Trinajstić information content (AvgIpc) is 2.18. The van der Waals surface area contributed by atoms with Crippen LogP contribution in [-0.4, -0.2) is 29.6 Å². The van der Waals surface area contributed by atoms with E-state index in [4.69, 9.17) is 0 Å². The second kappa shape index (κ2) is 5.08. The van der Waals surface area contributed by atoms with E-state index in [0.29, 0.717) is 11.7 Å². The lowest BCUT2D eigenvalue weighted by Gasteiger charge is -2.38. The van der Waals surface area contributed by atoms with Crippen molar-refractivity contribution in [3.8, 4) is 0 Å². The van der Waals surface area contributed by atoms with Crippen LogP contribution in [0.3, 0.4) is 0 Å². The van der Waals surface area contributed by atoms with Gasteiger partial charge in [-0.25, -0.2) is 4.79 Å². The highest BCUT2D eigenvalue weighted by molar-refractivity contribution is 5.37. The molecule has 1 aliphatic heterocycles. The molecule has 1 rings (SSSR count). The van der Waals surface area contributed by atoms with Gasteiger partial charge in [0.15, 0.2) is 0 Å². The number of nitrogens with zero attached hydrogens (tertiary/aromatic N) is 2. The van der Waals surface area contributed by atoms with Crippen molar-refractivity contribution >= 4 is 6.08 Å². The smallest absolute Gasteiger partial charge is 0.240 e. The highest BCUT2D eigenvalue weighted by Gasteiger charge is 2.26. The van der Waals surface area contributed by atoms with Gasteiger partial charge in [0.1, 0.15) is 0 Å². The standard InChI is InChI=1S/C11H18N2O/c1-9(2)13-7-5-4-6-11(13)10(3)12-8-14/h9,11H,3-7H2,1-2H3. The van der Waals surface area contributed by atoms with Crippen molar-refractivity contribution in [2.75, 3.05) is 6.54 Å². The molecule has 1 unspecified atom stereocenters. The number of carbonyl (C=O) groups excluding carboxylic acids is 1. The fourth-order valence-corrected chi connectivity index (χ4v) is 2.06. The summed E-state index contributed by atoms with van der Waals surface area (Å²) in [5.41, 5.74) is 0.661. The zero-order valence-electron chi connectivity index (χ0n) is 8.99. The molecule has 0 amide bonds. The zero-order chi connectivity index (χ0) is 10.6. The normalized spacial score (nSPS) is 23.2. The van der Waals surface area contributed by atoms with E-state index in [1.807, 2.05) is 0 Å². The van der Waals surface area contributed by atoms with Gasteiger partial charge in [-0.15, -0.1) is 0 Å². The summed E-state index contributed by atoms with van der Waals surface area (Å²) in [6, 6.07) is 0.726. The Bertz CT molecular complexity index is 254. The molecule has 14 heavy (non-hydrogen) atoms. The summed E-state index contributed by atoms with van der Waals surface area (Å²) in [7, 11) is 0. The van der Waals surface area contributed by atoms with Gasteiger partial charge in [-0.3, -0.25) is 4.90 Å². The molecule has 78 valence electrons. The fourth-order valence-electron chi connectivity index (χ4n) is 2.06. The highest BCUT2D eigenvalue weighted by atomic mass is 16.1. The van der Waals surface area contributed by atoms with Gasteiger partial charge >= 0.3 is 0 Å². The third-order valence-electron chi connectivity index (χ3n) is 2.78. The minimum atomic E-state index is 0.241. The number of aliphatic imine (C=N–C) groups is 1. The quantitative estimate of drug-likeness (QED) is 0.509. The van der Waals surface area contributed by atoms with Crippen molar-refractivity contribution in [3.63, 3.8) is 0 Å². The minimum absolute atomic E-state index is 0.241. The van der Waals surface area contributed by atoms with Gasteiger partial charge in [-0.1, -0.05) is 13.0 Å². The third kappa shape index (κ3) is 2.53. The van der Waals surface area contributed by atoms with E-state index in [9.17, 15) is 4.79 Å². The highest BCUT2D eigenvalue weighted by Crippen LogP contribution is 2.24. The van der Waals surface area contributed by atoms with Crippen LogP contribution in [0.5, 0.6) is 0 Å². The number of rotatable bonds is 3. The van der Waals surface area contributed by atoms with Crippen LogP contribution < -0.4 is 0 Å². The van der Waals surface area contributed by atoms with E-state index in [2.05, 4.69) is 30.3 Å². The Morgan fingerprint density at radius 3 is 2.86 bits per heavy atom. The lowest BCUT2D eigenvalue weighted by Crippen LogP contribution is -2.44. The monoisotopic (exact) mass is 194 g/mol. The van der Waals surface area contributed by atoms with Crippen molar-refractivity contribution in [1.29, 1.82) is 0 Å². The Morgan fingerprint density at radius 1 is 1.57 bits per heavy atom. The molecule has 0 radical (unpaired) electrons. The van der Waals surface area contributed by atoms with E-state index in [0.717, 1.165) is 13.0 Å². The molecule has 1 heterocycles. The lowest BCUT2D eigenvalue weighted by atomic mass is 9.98. The fraction of sp³-hybridized carbons (Fsp3) is 0.727. The zero-order valence-corrected chi connectivity index (χ0v) is 8.99. The Kier molecular flexibility index (Phi) is 4.05. The topological polar surface area (TPSA) is 32.7 Å². The minimum Gasteiger partial charge on any atom is -0.292 e. The van der Waals surface area contributed by atoms with Gasteiger partial charge in [0.25, 0.3) is 0 Å². The Morgan fingerprint density at radius 2 is 2.29 bits per heavy atom. The number of hydrogen-bond acceptors (Lipinski definition) is 3. The van der Waals surface area contributed by atoms with Crippen molar-refractivity contribution in [2.24, 2.45) is 4.99 Å². The molecule has 0 bridgehead atoms. The summed E-state index contributed by atoms with van der Waals surface area (Å²) in [6.07, 6.45) is 5.06. The predicted molar refractivity (Wildman–Crippen MR) is 56.7 cm³/mol. The van der Waals surface area contributed by atoms with Crippen LogP contribution in [0, 0.1) is 0 Å². The summed E-state index contributed by atoms with van der Waals surface area (Å²) in [4.78, 5) is 16.2. The molecule has 0 aromatic carbocycles. The Balaban J connectivity index is 2.71. The summed E-state index contributed by atoms with van der Waals surface area (Å²) in [5.74, 6) is 0. The molecule has 0 aliphatic carbocycles. The molecule has 3 heteroatoms. The second-order valence-corrected chi connectivity index (χ2v) is 4.04. The number of piperidine rings is 1. The first-order valence-electron chi connectivity index (χ1n) is 5.19. The summed E-state index contributed by atoms with van der Waals surface area (Å²) in [5, 5.41) is 0. The number of likely N-dealkylation sites (tertiary alicyclic amines) is 1. The molecule has 0 N–H and O–H groups in total. The maximum absolute atomic E-state index is 10.2. The average molecular weight is 194 g/mol. The molecule has 1 aliphatic rings. The molecule has 1 atom stereocenters. The molecule has 0 aromatic heterocycles. The number of isocyanates is 1. The van der Waals surface area contributed by atoms with Crippen LogP contribution in [0.2, 0.25) is 0 Å². The molecular weight excluding hydrogens is 176 g/mol. The largest absolute Gasteiger partial charge is 0.292 e. The van der Waals surface area contributed by atoms with Crippen LogP contribution in [-0.2, 0) is 4.79 Å². The van der Waals surface area contributed by atoms with E-state index < -0.39 is 0 Å². The van der Waals surface area contributed by atoms with Crippen molar-refractivity contribution in [3.05, 3.63) is 12.3 Å². The van der Waals surface area contributed by atoms with Gasteiger partial charge in [0, 0.05) is 6.04 Å². The maximum atomic E-state index is 10.2. The Hall–Kier alpha value is -0.920. The molecular formula is C11H18N2O. The van der Waals surface area contributed by atoms with Gasteiger partial charge in [-0.05, 0) is 33.2 Å². The van der Waals surface area contributed by atoms with Crippen molar-refractivity contribution < 1.29 is 4.79 Å². The third-order valence-corrected chi connectivity index (χ3v) is 2.78. The van der Waals surface area contributed by atoms with Gasteiger partial charge in [0.2, 0.25) is 6.08 Å². The van der Waals surface area contributed by atoms with Crippen molar-refractivity contribution in [1.82, 2.24) is 4.90 Å². The van der Waals surface area contributed by atoms with E-state index in [1.54, 1.807) is 6.08 Å². The Labute approximate surface area is 85.5 Å². The van der Waals surface area contributed by atoms with E-state index >= 15 is 0 Å². The maximum Gasteiger partial charge on any atom is 0.240 e. The number of hydrogen-bond donors (Lipinski definition) is 0. The van der Waals surface area contributed by atoms with Crippen LogP contribution in [0.4, 0.5) is 0 Å². The predicted octanol–water partition coefficient (Wildman–Crippen LogP) is 2.10. The molecule has 1 fully saturated rings. The van der Waals surface area contributed by atoms with Crippen LogP contribution >= 0.6 is 0 Å². The molecule has 0 spiro atoms. The van der Waals surface area contributed by atoms with Crippen molar-refractivity contribution in [2.45, 2.75) is 45.2 Å². The molecule has 0 aromatic rings. The van der Waals surface area contributed by atoms with Crippen LogP contribution in [0.25, 0.3) is 0 Å². The SMILES string of the molecule is C=C(N=C=O)C1CCCCN1C(C)C. The summed E-state index contributed by atoms with van der Waals surface area (Å²) >= 11 is 0.